The predicted molar refractivity (Wildman–Crippen MR) is 73.8 cm³/mol. The molecule has 0 fully saturated rings. The number of methoxy groups -OCH3 is 1. The van der Waals surface area contributed by atoms with Crippen molar-refractivity contribution in [3.63, 3.8) is 0 Å². The molecule has 1 heterocycles. The minimum absolute atomic E-state index is 0.274. The van der Waals surface area contributed by atoms with Gasteiger partial charge in [-0.15, -0.1) is 5.10 Å². The van der Waals surface area contributed by atoms with Gasteiger partial charge in [0.05, 0.1) is 18.7 Å². The van der Waals surface area contributed by atoms with Crippen LogP contribution >= 0.6 is 0 Å². The highest BCUT2D eigenvalue weighted by Gasteiger charge is 2.18. The van der Waals surface area contributed by atoms with E-state index in [2.05, 4.69) is 29.4 Å². The van der Waals surface area contributed by atoms with Gasteiger partial charge in [-0.3, -0.25) is 0 Å². The summed E-state index contributed by atoms with van der Waals surface area (Å²) in [6.45, 7) is 4.24. The van der Waals surface area contributed by atoms with E-state index in [1.165, 1.54) is 0 Å². The Morgan fingerprint density at radius 3 is 2.68 bits per heavy atom. The Morgan fingerprint density at radius 1 is 1.32 bits per heavy atom. The van der Waals surface area contributed by atoms with Gasteiger partial charge in [-0.1, -0.05) is 13.8 Å². The van der Waals surface area contributed by atoms with E-state index < -0.39 is 0 Å². The molecule has 102 valence electrons. The number of hydrogen-bond donors (Lipinski definition) is 1. The Kier molecular flexibility index (Phi) is 3.99. The fourth-order valence-electron chi connectivity index (χ4n) is 2.15. The monoisotopic (exact) mass is 261 g/mol. The molecule has 0 saturated heterocycles. The number of ether oxygens (including phenoxy) is 1. The zero-order chi connectivity index (χ0) is 13.8. The second-order valence-electron chi connectivity index (χ2n) is 4.38. The molecule has 0 aliphatic heterocycles. The highest BCUT2D eigenvalue weighted by molar-refractivity contribution is 5.68. The second-order valence-corrected chi connectivity index (χ2v) is 4.38. The van der Waals surface area contributed by atoms with Crippen molar-refractivity contribution < 1.29 is 4.74 Å². The Balaban J connectivity index is 2.53. The summed E-state index contributed by atoms with van der Waals surface area (Å²) in [6, 6.07) is 5.74. The third-order valence-electron chi connectivity index (χ3n) is 3.25. The average molecular weight is 261 g/mol. The van der Waals surface area contributed by atoms with E-state index in [0.717, 1.165) is 24.2 Å². The van der Waals surface area contributed by atoms with Gasteiger partial charge in [0.15, 0.2) is 5.82 Å². The summed E-state index contributed by atoms with van der Waals surface area (Å²) in [4.78, 5) is 0. The Hall–Kier alpha value is -2.11. The summed E-state index contributed by atoms with van der Waals surface area (Å²) in [7, 11) is 1.63. The second kappa shape index (κ2) is 5.69. The average Bonchev–Trinajstić information content (AvgIpc) is 2.89. The molecule has 2 N–H and O–H groups in total. The summed E-state index contributed by atoms with van der Waals surface area (Å²) in [5.41, 5.74) is 7.33. The smallest absolute Gasteiger partial charge is 0.186 e. The molecule has 0 aliphatic carbocycles. The maximum Gasteiger partial charge on any atom is 0.186 e. The molecule has 1 aromatic carbocycles. The van der Waals surface area contributed by atoms with Crippen LogP contribution in [0.3, 0.4) is 0 Å². The van der Waals surface area contributed by atoms with Crippen molar-refractivity contribution in [1.29, 1.82) is 0 Å². The number of nitrogen functional groups attached to an aromatic ring is 1. The fraction of sp³-hybridized carbons (Fsp3) is 0.462. The van der Waals surface area contributed by atoms with Gasteiger partial charge in [-0.25, -0.2) is 4.68 Å². The first-order chi connectivity index (χ1) is 9.21. The molecule has 0 unspecified atom stereocenters. The number of aromatic nitrogens is 4. The van der Waals surface area contributed by atoms with Gasteiger partial charge in [0.25, 0.3) is 0 Å². The highest BCUT2D eigenvalue weighted by Crippen LogP contribution is 2.32. The van der Waals surface area contributed by atoms with E-state index in [4.69, 9.17) is 10.5 Å². The maximum atomic E-state index is 5.85. The molecule has 2 rings (SSSR count). The number of hydrogen-bond acceptors (Lipinski definition) is 5. The van der Waals surface area contributed by atoms with Crippen molar-refractivity contribution >= 4 is 5.69 Å². The molecule has 1 aromatic heterocycles. The van der Waals surface area contributed by atoms with E-state index in [1.807, 2.05) is 16.8 Å². The van der Waals surface area contributed by atoms with Gasteiger partial charge in [-0.05, 0) is 41.5 Å². The normalized spacial score (nSPS) is 10.9. The Labute approximate surface area is 112 Å². The van der Waals surface area contributed by atoms with Crippen molar-refractivity contribution in [2.45, 2.75) is 32.7 Å². The first-order valence-electron chi connectivity index (χ1n) is 6.43. The van der Waals surface area contributed by atoms with Gasteiger partial charge >= 0.3 is 0 Å². The number of anilines is 1. The van der Waals surface area contributed by atoms with E-state index in [1.54, 1.807) is 13.2 Å². The zero-order valence-corrected chi connectivity index (χ0v) is 11.5. The molecule has 6 nitrogen and oxygen atoms in total. The molecule has 6 heteroatoms. The summed E-state index contributed by atoms with van der Waals surface area (Å²) >= 11 is 0. The summed E-state index contributed by atoms with van der Waals surface area (Å²) in [5.74, 6) is 1.41. The van der Waals surface area contributed by atoms with Crippen LogP contribution in [0.5, 0.6) is 5.75 Å². The molecular weight excluding hydrogens is 242 g/mol. The molecule has 19 heavy (non-hydrogen) atoms. The molecule has 0 spiro atoms. The Morgan fingerprint density at radius 2 is 2.05 bits per heavy atom. The number of benzene rings is 1. The van der Waals surface area contributed by atoms with Gasteiger partial charge in [0, 0.05) is 5.69 Å². The molecule has 0 saturated carbocycles. The summed E-state index contributed by atoms with van der Waals surface area (Å²) < 4.78 is 7.21. The van der Waals surface area contributed by atoms with E-state index in [9.17, 15) is 0 Å². The molecule has 0 bridgehead atoms. The predicted octanol–water partition coefficient (Wildman–Crippen LogP) is 2.29. The van der Waals surface area contributed by atoms with Gasteiger partial charge in [-0.2, -0.15) is 0 Å². The molecule has 0 atom stereocenters. The van der Waals surface area contributed by atoms with Crippen LogP contribution in [0.1, 0.15) is 32.7 Å². The van der Waals surface area contributed by atoms with E-state index >= 15 is 0 Å². The van der Waals surface area contributed by atoms with Crippen LogP contribution in [0, 0.1) is 0 Å². The number of nitrogens with zero attached hydrogens (tertiary/aromatic N) is 4. The van der Waals surface area contributed by atoms with Crippen LogP contribution in [-0.4, -0.2) is 27.3 Å². The van der Waals surface area contributed by atoms with Crippen LogP contribution in [0.25, 0.3) is 11.4 Å². The quantitative estimate of drug-likeness (QED) is 0.835. The third kappa shape index (κ3) is 2.52. The lowest BCUT2D eigenvalue weighted by Crippen LogP contribution is -2.11. The summed E-state index contributed by atoms with van der Waals surface area (Å²) in [5, 5.41) is 12.0. The van der Waals surface area contributed by atoms with Crippen LogP contribution < -0.4 is 10.5 Å². The molecular formula is C13H19N5O. The lowest BCUT2D eigenvalue weighted by molar-refractivity contribution is 0.409. The first kappa shape index (κ1) is 13.3. The topological polar surface area (TPSA) is 78.9 Å². The lowest BCUT2D eigenvalue weighted by atomic mass is 10.1. The highest BCUT2D eigenvalue weighted by atomic mass is 16.5. The maximum absolute atomic E-state index is 5.85. The number of rotatable bonds is 5. The van der Waals surface area contributed by atoms with E-state index in [0.29, 0.717) is 11.5 Å². The molecule has 2 aromatic rings. The van der Waals surface area contributed by atoms with Crippen molar-refractivity contribution in [1.82, 2.24) is 20.2 Å². The Bertz CT molecular complexity index is 548. The van der Waals surface area contributed by atoms with Crippen molar-refractivity contribution in [3.05, 3.63) is 18.2 Å². The van der Waals surface area contributed by atoms with Crippen LogP contribution in [-0.2, 0) is 0 Å². The lowest BCUT2D eigenvalue weighted by Gasteiger charge is -2.15. The van der Waals surface area contributed by atoms with Crippen molar-refractivity contribution in [3.8, 4) is 17.1 Å². The van der Waals surface area contributed by atoms with Gasteiger partial charge in [0.2, 0.25) is 0 Å². The van der Waals surface area contributed by atoms with Crippen LogP contribution in [0.4, 0.5) is 5.69 Å². The van der Waals surface area contributed by atoms with Crippen molar-refractivity contribution in [2.75, 3.05) is 12.8 Å². The molecule has 0 amide bonds. The van der Waals surface area contributed by atoms with Crippen LogP contribution in [0.15, 0.2) is 18.2 Å². The van der Waals surface area contributed by atoms with Gasteiger partial charge in [0.1, 0.15) is 5.75 Å². The SMILES string of the molecule is CCC(CC)n1nnnc1-c1cc(N)ccc1OC. The molecule has 0 radical (unpaired) electrons. The third-order valence-corrected chi connectivity index (χ3v) is 3.25. The fourth-order valence-corrected chi connectivity index (χ4v) is 2.15. The molecule has 0 aliphatic rings. The minimum atomic E-state index is 0.274. The van der Waals surface area contributed by atoms with Crippen molar-refractivity contribution in [2.24, 2.45) is 0 Å². The zero-order valence-electron chi connectivity index (χ0n) is 11.5. The standard InChI is InChI=1S/C13H19N5O/c1-4-10(5-2)18-13(15-16-17-18)11-8-9(14)6-7-12(11)19-3/h6-8,10H,4-5,14H2,1-3H3. The number of nitrogens with two attached hydrogens (primary N) is 1. The largest absolute Gasteiger partial charge is 0.496 e. The minimum Gasteiger partial charge on any atom is -0.496 e. The number of tetrazole rings is 1. The van der Waals surface area contributed by atoms with Gasteiger partial charge < -0.3 is 10.5 Å². The van der Waals surface area contributed by atoms with Crippen LogP contribution in [0.2, 0.25) is 0 Å². The van der Waals surface area contributed by atoms with E-state index in [-0.39, 0.29) is 6.04 Å². The first-order valence-corrected chi connectivity index (χ1v) is 6.43. The summed E-state index contributed by atoms with van der Waals surface area (Å²) in [6.07, 6.45) is 1.94.